The van der Waals surface area contributed by atoms with E-state index < -0.39 is 5.54 Å². The highest BCUT2D eigenvalue weighted by Gasteiger charge is 2.35. The molecule has 1 heterocycles. The van der Waals surface area contributed by atoms with Crippen LogP contribution in [-0.4, -0.2) is 47.5 Å². The van der Waals surface area contributed by atoms with Crippen LogP contribution < -0.4 is 10.5 Å². The summed E-state index contributed by atoms with van der Waals surface area (Å²) in [6.07, 6.45) is 2.77. The minimum absolute atomic E-state index is 0.0382. The minimum Gasteiger partial charge on any atom is -0.483 e. The molecule has 0 aromatic heterocycles. The van der Waals surface area contributed by atoms with Gasteiger partial charge in [0.1, 0.15) is 11.6 Å². The smallest absolute Gasteiger partial charge is 0.260 e. The maximum Gasteiger partial charge on any atom is 0.260 e. The molecule has 198 valence electrons. The lowest BCUT2D eigenvalue weighted by atomic mass is 9.75. The fraction of sp³-hybridized carbons (Fsp3) is 0.552. The third-order valence-corrected chi connectivity index (χ3v) is 7.95. The van der Waals surface area contributed by atoms with Crippen molar-refractivity contribution in [3.8, 4) is 5.75 Å². The molecule has 5 nitrogen and oxygen atoms in total. The second-order valence-corrected chi connectivity index (χ2v) is 10.7. The number of nitrogens with two attached hydrogens (primary N) is 1. The van der Waals surface area contributed by atoms with Crippen molar-refractivity contribution in [2.75, 3.05) is 19.7 Å². The van der Waals surface area contributed by atoms with E-state index in [0.29, 0.717) is 17.3 Å². The maximum atomic E-state index is 13.3. The summed E-state index contributed by atoms with van der Waals surface area (Å²) in [5.74, 6) is 0.581. The van der Waals surface area contributed by atoms with Gasteiger partial charge >= 0.3 is 0 Å². The minimum atomic E-state index is -0.590. The van der Waals surface area contributed by atoms with E-state index in [0.717, 1.165) is 43.5 Å². The highest BCUT2D eigenvalue weighted by molar-refractivity contribution is 6.30. The van der Waals surface area contributed by atoms with Crippen molar-refractivity contribution >= 4 is 17.5 Å². The normalized spacial score (nSPS) is 21.2. The molecule has 1 amide bonds. The van der Waals surface area contributed by atoms with Crippen LogP contribution in [0.25, 0.3) is 0 Å². The first kappa shape index (κ1) is 28.4. The number of halogens is 2. The molecule has 36 heavy (non-hydrogen) atoms. The first-order valence-electron chi connectivity index (χ1n) is 13.1. The predicted molar refractivity (Wildman–Crippen MR) is 145 cm³/mol. The Hall–Kier alpha value is -2.15. The standard InChI is InChI=1S/C29H41ClFN3O2/c1-6-8-20(3)29(32,7-2)26-15-24(30)11-14-27(26)36-19-28(35)34-17-21(4)33(16-22(34)5)18-23-9-12-25(31)13-10-23/h9-15,20-22H,6-8,16-19,32H2,1-5H3. The number of piperazine rings is 1. The zero-order valence-electron chi connectivity index (χ0n) is 22.3. The topological polar surface area (TPSA) is 58.8 Å². The van der Waals surface area contributed by atoms with Crippen molar-refractivity contribution in [2.45, 2.75) is 78.0 Å². The van der Waals surface area contributed by atoms with Crippen molar-refractivity contribution < 1.29 is 13.9 Å². The Balaban J connectivity index is 1.68. The third-order valence-electron chi connectivity index (χ3n) is 7.71. The number of benzene rings is 2. The summed E-state index contributed by atoms with van der Waals surface area (Å²) in [6, 6.07) is 12.3. The van der Waals surface area contributed by atoms with E-state index in [1.807, 2.05) is 29.2 Å². The van der Waals surface area contributed by atoms with Crippen LogP contribution in [0.15, 0.2) is 42.5 Å². The largest absolute Gasteiger partial charge is 0.483 e. The zero-order chi connectivity index (χ0) is 26.5. The molecule has 1 saturated heterocycles. The van der Waals surface area contributed by atoms with E-state index in [1.54, 1.807) is 6.07 Å². The van der Waals surface area contributed by atoms with E-state index in [1.165, 1.54) is 12.1 Å². The molecule has 7 heteroatoms. The summed E-state index contributed by atoms with van der Waals surface area (Å²) in [6.45, 7) is 12.6. The van der Waals surface area contributed by atoms with Gasteiger partial charge in [0.25, 0.3) is 5.91 Å². The second kappa shape index (κ2) is 12.4. The molecule has 0 aliphatic carbocycles. The summed E-state index contributed by atoms with van der Waals surface area (Å²) >= 11 is 6.35. The lowest BCUT2D eigenvalue weighted by Crippen LogP contribution is -2.58. The molecule has 1 aliphatic heterocycles. The fourth-order valence-electron chi connectivity index (χ4n) is 5.30. The maximum absolute atomic E-state index is 13.3. The highest BCUT2D eigenvalue weighted by atomic mass is 35.5. The van der Waals surface area contributed by atoms with Gasteiger partial charge in [0.15, 0.2) is 6.61 Å². The molecular formula is C29H41ClFN3O2. The summed E-state index contributed by atoms with van der Waals surface area (Å²) < 4.78 is 19.4. The van der Waals surface area contributed by atoms with Crippen LogP contribution >= 0.6 is 11.6 Å². The van der Waals surface area contributed by atoms with Crippen molar-refractivity contribution in [1.82, 2.24) is 9.80 Å². The van der Waals surface area contributed by atoms with Crippen molar-refractivity contribution in [2.24, 2.45) is 11.7 Å². The number of hydrogen-bond acceptors (Lipinski definition) is 4. The number of rotatable bonds is 10. The van der Waals surface area contributed by atoms with Crippen LogP contribution in [0, 0.1) is 11.7 Å². The monoisotopic (exact) mass is 517 g/mol. The number of hydrogen-bond donors (Lipinski definition) is 1. The van der Waals surface area contributed by atoms with Gasteiger partial charge in [0.2, 0.25) is 0 Å². The Morgan fingerprint density at radius 3 is 2.50 bits per heavy atom. The molecule has 2 aromatic carbocycles. The van der Waals surface area contributed by atoms with Crippen LogP contribution in [0.2, 0.25) is 5.02 Å². The van der Waals surface area contributed by atoms with Crippen LogP contribution in [-0.2, 0) is 16.9 Å². The molecule has 1 aliphatic rings. The summed E-state index contributed by atoms with van der Waals surface area (Å²) in [5, 5.41) is 0.607. The number of carbonyl (C=O) groups is 1. The average Bonchev–Trinajstić information content (AvgIpc) is 2.86. The highest BCUT2D eigenvalue weighted by Crippen LogP contribution is 2.39. The van der Waals surface area contributed by atoms with Crippen molar-refractivity contribution in [3.05, 3.63) is 64.4 Å². The molecule has 0 spiro atoms. The molecule has 4 atom stereocenters. The summed E-state index contributed by atoms with van der Waals surface area (Å²) in [5.41, 5.74) is 8.26. The number of amides is 1. The Kier molecular flexibility index (Phi) is 9.79. The van der Waals surface area contributed by atoms with E-state index in [4.69, 9.17) is 22.1 Å². The molecule has 2 N–H and O–H groups in total. The lowest BCUT2D eigenvalue weighted by molar-refractivity contribution is -0.139. The Morgan fingerprint density at radius 2 is 1.86 bits per heavy atom. The molecule has 3 rings (SSSR count). The van der Waals surface area contributed by atoms with E-state index >= 15 is 0 Å². The van der Waals surface area contributed by atoms with Gasteiger partial charge in [-0.2, -0.15) is 0 Å². The number of nitrogens with zero attached hydrogens (tertiary/aromatic N) is 2. The van der Waals surface area contributed by atoms with Gasteiger partial charge in [-0.25, -0.2) is 4.39 Å². The quantitative estimate of drug-likeness (QED) is 0.421. The van der Waals surface area contributed by atoms with E-state index in [-0.39, 0.29) is 36.3 Å². The Labute approximate surface area is 220 Å². The van der Waals surface area contributed by atoms with E-state index in [2.05, 4.69) is 39.5 Å². The molecule has 2 aromatic rings. The summed E-state index contributed by atoms with van der Waals surface area (Å²) in [4.78, 5) is 17.5. The van der Waals surface area contributed by atoms with Gasteiger partial charge in [0, 0.05) is 47.8 Å². The van der Waals surface area contributed by atoms with Crippen LogP contribution in [0.1, 0.15) is 65.0 Å². The van der Waals surface area contributed by atoms with Crippen LogP contribution in [0.3, 0.4) is 0 Å². The lowest BCUT2D eigenvalue weighted by Gasteiger charge is -2.44. The van der Waals surface area contributed by atoms with Crippen molar-refractivity contribution in [1.29, 1.82) is 0 Å². The summed E-state index contributed by atoms with van der Waals surface area (Å²) in [7, 11) is 0. The van der Waals surface area contributed by atoms with Gasteiger partial charge in [-0.1, -0.05) is 50.9 Å². The van der Waals surface area contributed by atoms with Gasteiger partial charge in [0.05, 0.1) is 0 Å². The van der Waals surface area contributed by atoms with Crippen molar-refractivity contribution in [3.63, 3.8) is 0 Å². The number of carbonyl (C=O) groups excluding carboxylic acids is 1. The molecule has 0 bridgehead atoms. The van der Waals surface area contributed by atoms with Crippen LogP contribution in [0.5, 0.6) is 5.75 Å². The second-order valence-electron chi connectivity index (χ2n) is 10.3. The fourth-order valence-corrected chi connectivity index (χ4v) is 5.47. The van der Waals surface area contributed by atoms with Gasteiger partial charge in [-0.05, 0) is 68.5 Å². The van der Waals surface area contributed by atoms with Gasteiger partial charge < -0.3 is 15.4 Å². The third kappa shape index (κ3) is 6.58. The first-order chi connectivity index (χ1) is 17.1. The van der Waals surface area contributed by atoms with Gasteiger partial charge in [-0.15, -0.1) is 0 Å². The molecular weight excluding hydrogens is 477 g/mol. The molecule has 0 saturated carbocycles. The average molecular weight is 518 g/mol. The van der Waals surface area contributed by atoms with E-state index in [9.17, 15) is 9.18 Å². The van der Waals surface area contributed by atoms with Gasteiger partial charge in [-0.3, -0.25) is 9.69 Å². The molecule has 1 fully saturated rings. The predicted octanol–water partition coefficient (Wildman–Crippen LogP) is 5.98. The number of ether oxygens (including phenoxy) is 1. The zero-order valence-corrected chi connectivity index (χ0v) is 23.0. The Morgan fingerprint density at radius 1 is 1.17 bits per heavy atom. The SMILES string of the molecule is CCCC(C)C(N)(CC)c1cc(Cl)ccc1OCC(=O)N1CC(C)N(Cc2ccc(F)cc2)CC1C. The first-order valence-corrected chi connectivity index (χ1v) is 13.5. The molecule has 4 unspecified atom stereocenters. The Bertz CT molecular complexity index is 1020. The molecule has 0 radical (unpaired) electrons. The van der Waals surface area contributed by atoms with Crippen LogP contribution in [0.4, 0.5) is 4.39 Å².